The van der Waals surface area contributed by atoms with Gasteiger partial charge in [-0.1, -0.05) is 19.9 Å². The highest BCUT2D eigenvalue weighted by Crippen LogP contribution is 2.30. The minimum Gasteiger partial charge on any atom is -0.336 e. The second-order valence-electron chi connectivity index (χ2n) is 6.89. The van der Waals surface area contributed by atoms with Gasteiger partial charge in [0, 0.05) is 18.2 Å². The van der Waals surface area contributed by atoms with E-state index >= 15 is 0 Å². The molecule has 0 saturated heterocycles. The molecule has 0 heterocycles. The van der Waals surface area contributed by atoms with Crippen LogP contribution < -0.4 is 5.14 Å². The monoisotopic (exact) mass is 338 g/mol. The number of carbonyl (C=O) groups is 1. The van der Waals surface area contributed by atoms with Crippen LogP contribution in [0.2, 0.25) is 0 Å². The third-order valence-corrected chi connectivity index (χ3v) is 5.31. The molecule has 2 rings (SSSR count). The second-order valence-corrected chi connectivity index (χ2v) is 8.42. The highest BCUT2D eigenvalue weighted by Gasteiger charge is 2.33. The highest BCUT2D eigenvalue weighted by atomic mass is 32.2. The molecular weight excluding hydrogens is 312 g/mol. The molecule has 128 valence electrons. The van der Waals surface area contributed by atoms with Gasteiger partial charge in [-0.15, -0.1) is 0 Å². The number of sulfonamides is 1. The van der Waals surface area contributed by atoms with Gasteiger partial charge in [0.2, 0.25) is 10.0 Å². The van der Waals surface area contributed by atoms with Gasteiger partial charge in [-0.2, -0.15) is 0 Å². The quantitative estimate of drug-likeness (QED) is 0.865. The number of benzene rings is 1. The predicted octanol–water partition coefficient (Wildman–Crippen LogP) is 2.60. The molecule has 23 heavy (non-hydrogen) atoms. The van der Waals surface area contributed by atoms with E-state index in [9.17, 15) is 13.2 Å². The molecule has 0 atom stereocenters. The third kappa shape index (κ3) is 4.32. The van der Waals surface area contributed by atoms with Crippen molar-refractivity contribution in [3.63, 3.8) is 0 Å². The zero-order chi connectivity index (χ0) is 17.4. The van der Waals surface area contributed by atoms with Crippen molar-refractivity contribution in [2.24, 2.45) is 11.1 Å². The van der Waals surface area contributed by atoms with E-state index in [1.54, 1.807) is 13.0 Å². The summed E-state index contributed by atoms with van der Waals surface area (Å²) >= 11 is 0. The van der Waals surface area contributed by atoms with Crippen molar-refractivity contribution in [3.05, 3.63) is 28.8 Å². The second kappa shape index (κ2) is 6.61. The molecule has 1 fully saturated rings. The lowest BCUT2D eigenvalue weighted by molar-refractivity contribution is 0.0734. The van der Waals surface area contributed by atoms with Gasteiger partial charge in [0.15, 0.2) is 0 Å². The SMILES string of the molecule is Cc1cc(C)c(S(N)(=O)=O)cc1C(=O)N(CCC(C)C)C1CC1. The van der Waals surface area contributed by atoms with Gasteiger partial charge >= 0.3 is 0 Å². The van der Waals surface area contributed by atoms with Crippen molar-refractivity contribution in [1.29, 1.82) is 0 Å². The number of amides is 1. The zero-order valence-electron chi connectivity index (χ0n) is 14.3. The topological polar surface area (TPSA) is 80.5 Å². The normalized spacial score (nSPS) is 15.0. The molecule has 0 spiro atoms. The molecular formula is C17H26N2O3S. The van der Waals surface area contributed by atoms with Crippen LogP contribution in [-0.2, 0) is 10.0 Å². The molecule has 0 bridgehead atoms. The Morgan fingerprint density at radius 3 is 2.35 bits per heavy atom. The van der Waals surface area contributed by atoms with Crippen LogP contribution in [-0.4, -0.2) is 31.8 Å². The van der Waals surface area contributed by atoms with Crippen molar-refractivity contribution in [2.45, 2.75) is 57.9 Å². The zero-order valence-corrected chi connectivity index (χ0v) is 15.1. The molecule has 5 nitrogen and oxygen atoms in total. The third-order valence-electron chi connectivity index (χ3n) is 4.25. The fourth-order valence-corrected chi connectivity index (χ4v) is 3.55. The van der Waals surface area contributed by atoms with Gasteiger partial charge in [0.25, 0.3) is 5.91 Å². The van der Waals surface area contributed by atoms with Crippen LogP contribution in [0.3, 0.4) is 0 Å². The van der Waals surface area contributed by atoms with Gasteiger partial charge in [-0.05, 0) is 56.2 Å². The van der Waals surface area contributed by atoms with Crippen LogP contribution in [0.25, 0.3) is 0 Å². The average molecular weight is 338 g/mol. The van der Waals surface area contributed by atoms with Gasteiger partial charge < -0.3 is 4.90 Å². The van der Waals surface area contributed by atoms with Gasteiger partial charge in [-0.3, -0.25) is 4.79 Å². The van der Waals surface area contributed by atoms with Gasteiger partial charge in [0.05, 0.1) is 4.90 Å². The lowest BCUT2D eigenvalue weighted by Crippen LogP contribution is -2.35. The number of carbonyl (C=O) groups excluding carboxylic acids is 1. The summed E-state index contributed by atoms with van der Waals surface area (Å²) < 4.78 is 23.4. The summed E-state index contributed by atoms with van der Waals surface area (Å²) in [7, 11) is -3.83. The largest absolute Gasteiger partial charge is 0.336 e. The van der Waals surface area contributed by atoms with E-state index in [1.807, 2.05) is 11.8 Å². The Hall–Kier alpha value is -1.40. The number of nitrogens with two attached hydrogens (primary N) is 1. The molecule has 6 heteroatoms. The van der Waals surface area contributed by atoms with E-state index in [0.29, 0.717) is 29.6 Å². The van der Waals surface area contributed by atoms with E-state index in [0.717, 1.165) is 24.8 Å². The molecule has 0 unspecified atom stereocenters. The Kier molecular flexibility index (Phi) is 5.16. The minimum absolute atomic E-state index is 0.0334. The first-order chi connectivity index (χ1) is 10.6. The van der Waals surface area contributed by atoms with Crippen LogP contribution >= 0.6 is 0 Å². The first-order valence-corrected chi connectivity index (χ1v) is 9.61. The Morgan fingerprint density at radius 1 is 1.26 bits per heavy atom. The highest BCUT2D eigenvalue weighted by molar-refractivity contribution is 7.89. The first-order valence-electron chi connectivity index (χ1n) is 8.06. The predicted molar refractivity (Wildman–Crippen MR) is 90.8 cm³/mol. The molecule has 1 aliphatic rings. The summed E-state index contributed by atoms with van der Waals surface area (Å²) in [5.41, 5.74) is 1.80. The Bertz CT molecular complexity index is 707. The van der Waals surface area contributed by atoms with Crippen molar-refractivity contribution in [2.75, 3.05) is 6.54 Å². The van der Waals surface area contributed by atoms with Crippen molar-refractivity contribution < 1.29 is 13.2 Å². The lowest BCUT2D eigenvalue weighted by atomic mass is 10.0. The van der Waals surface area contributed by atoms with Gasteiger partial charge in [-0.25, -0.2) is 13.6 Å². The number of rotatable bonds is 6. The van der Waals surface area contributed by atoms with Crippen molar-refractivity contribution >= 4 is 15.9 Å². The molecule has 0 aliphatic heterocycles. The van der Waals surface area contributed by atoms with Crippen LogP contribution in [0.1, 0.15) is 54.6 Å². The molecule has 1 aromatic carbocycles. The van der Waals surface area contributed by atoms with Gasteiger partial charge in [0.1, 0.15) is 0 Å². The molecule has 1 amide bonds. The average Bonchev–Trinajstić information content (AvgIpc) is 3.21. The van der Waals surface area contributed by atoms with Crippen LogP contribution in [0.15, 0.2) is 17.0 Å². The number of hydrogen-bond donors (Lipinski definition) is 1. The van der Waals surface area contributed by atoms with Crippen LogP contribution in [0.4, 0.5) is 0 Å². The van der Waals surface area contributed by atoms with Crippen LogP contribution in [0, 0.1) is 19.8 Å². The lowest BCUT2D eigenvalue weighted by Gasteiger charge is -2.24. The molecule has 1 saturated carbocycles. The van der Waals surface area contributed by atoms with E-state index in [-0.39, 0.29) is 10.8 Å². The van der Waals surface area contributed by atoms with E-state index in [1.165, 1.54) is 6.07 Å². The van der Waals surface area contributed by atoms with E-state index < -0.39 is 10.0 Å². The van der Waals surface area contributed by atoms with Crippen molar-refractivity contribution in [3.8, 4) is 0 Å². The van der Waals surface area contributed by atoms with E-state index in [2.05, 4.69) is 13.8 Å². The summed E-state index contributed by atoms with van der Waals surface area (Å²) in [6, 6.07) is 3.45. The fraction of sp³-hybridized carbons (Fsp3) is 0.588. The first kappa shape index (κ1) is 17.9. The number of nitrogens with zero attached hydrogens (tertiary/aromatic N) is 1. The number of hydrogen-bond acceptors (Lipinski definition) is 3. The standard InChI is InChI=1S/C17H26N2O3S/c1-11(2)7-8-19(14-5-6-14)17(20)15-10-16(23(18,21)22)13(4)9-12(15)3/h9-11,14H,5-8H2,1-4H3,(H2,18,21,22). The summed E-state index contributed by atoms with van der Waals surface area (Å²) in [6.07, 6.45) is 2.99. The summed E-state index contributed by atoms with van der Waals surface area (Å²) in [5.74, 6) is 0.429. The summed E-state index contributed by atoms with van der Waals surface area (Å²) in [4.78, 5) is 14.9. The maximum absolute atomic E-state index is 12.9. The van der Waals surface area contributed by atoms with E-state index in [4.69, 9.17) is 5.14 Å². The minimum atomic E-state index is -3.83. The number of aryl methyl sites for hydroxylation is 2. The number of primary sulfonamides is 1. The Balaban J connectivity index is 2.37. The van der Waals surface area contributed by atoms with Crippen molar-refractivity contribution in [1.82, 2.24) is 4.90 Å². The molecule has 1 aliphatic carbocycles. The fourth-order valence-electron chi connectivity index (χ4n) is 2.76. The summed E-state index contributed by atoms with van der Waals surface area (Å²) in [6.45, 7) is 8.50. The molecule has 1 aromatic rings. The maximum atomic E-state index is 12.9. The summed E-state index contributed by atoms with van der Waals surface area (Å²) in [5, 5.41) is 5.27. The molecule has 0 aromatic heterocycles. The maximum Gasteiger partial charge on any atom is 0.254 e. The molecule has 2 N–H and O–H groups in total. The Morgan fingerprint density at radius 2 is 1.87 bits per heavy atom. The molecule has 0 radical (unpaired) electrons. The smallest absolute Gasteiger partial charge is 0.254 e. The Labute approximate surface area is 138 Å². The van der Waals surface area contributed by atoms with Crippen LogP contribution in [0.5, 0.6) is 0 Å².